The molecule has 1 aliphatic rings. The summed E-state index contributed by atoms with van der Waals surface area (Å²) in [5.74, 6) is 0.585. The Morgan fingerprint density at radius 1 is 1.40 bits per heavy atom. The SMILES string of the molecule is CCCNc1cc(S(=O)(=O)NC2CCOCC2)ccn1. The Labute approximate surface area is 120 Å². The van der Waals surface area contributed by atoms with Crippen molar-refractivity contribution in [3.05, 3.63) is 18.3 Å². The summed E-state index contributed by atoms with van der Waals surface area (Å²) in [6, 6.07) is 3.03. The second-order valence-electron chi connectivity index (χ2n) is 4.81. The van der Waals surface area contributed by atoms with Crippen molar-refractivity contribution < 1.29 is 13.2 Å². The molecular weight excluding hydrogens is 278 g/mol. The van der Waals surface area contributed by atoms with Crippen molar-refractivity contribution >= 4 is 15.8 Å². The minimum Gasteiger partial charge on any atom is -0.381 e. The molecule has 0 bridgehead atoms. The molecule has 1 aliphatic heterocycles. The zero-order chi connectivity index (χ0) is 14.4. The molecule has 1 aromatic rings. The number of hydrogen-bond donors (Lipinski definition) is 2. The molecule has 2 N–H and O–H groups in total. The zero-order valence-corrected chi connectivity index (χ0v) is 12.4. The molecule has 20 heavy (non-hydrogen) atoms. The Kier molecular flexibility index (Phi) is 5.33. The summed E-state index contributed by atoms with van der Waals surface area (Å²) in [5, 5.41) is 3.09. The number of anilines is 1. The molecule has 6 nitrogen and oxygen atoms in total. The van der Waals surface area contributed by atoms with Crippen molar-refractivity contribution in [2.45, 2.75) is 37.1 Å². The lowest BCUT2D eigenvalue weighted by Crippen LogP contribution is -2.38. The normalized spacial score (nSPS) is 17.1. The highest BCUT2D eigenvalue weighted by Gasteiger charge is 2.22. The maximum absolute atomic E-state index is 12.3. The summed E-state index contributed by atoms with van der Waals surface area (Å²) in [6.45, 7) is 4.02. The average Bonchev–Trinajstić information content (AvgIpc) is 2.46. The minimum atomic E-state index is -3.49. The van der Waals surface area contributed by atoms with Gasteiger partial charge in [-0.2, -0.15) is 0 Å². The van der Waals surface area contributed by atoms with E-state index in [0.717, 1.165) is 13.0 Å². The molecule has 1 saturated heterocycles. The summed E-state index contributed by atoms with van der Waals surface area (Å²) < 4.78 is 32.6. The van der Waals surface area contributed by atoms with Crippen LogP contribution in [0.15, 0.2) is 23.2 Å². The Morgan fingerprint density at radius 3 is 2.85 bits per heavy atom. The molecule has 0 spiro atoms. The lowest BCUT2D eigenvalue weighted by molar-refractivity contribution is 0.0832. The molecule has 0 atom stereocenters. The van der Waals surface area contributed by atoms with E-state index in [1.54, 1.807) is 6.07 Å². The van der Waals surface area contributed by atoms with Crippen molar-refractivity contribution in [2.75, 3.05) is 25.1 Å². The second-order valence-corrected chi connectivity index (χ2v) is 6.53. The van der Waals surface area contributed by atoms with Gasteiger partial charge in [-0.3, -0.25) is 0 Å². The lowest BCUT2D eigenvalue weighted by atomic mass is 10.1. The van der Waals surface area contributed by atoms with Gasteiger partial charge >= 0.3 is 0 Å². The van der Waals surface area contributed by atoms with E-state index in [2.05, 4.69) is 15.0 Å². The standard InChI is InChI=1S/C13H21N3O3S/c1-2-6-14-13-10-12(3-7-15-13)20(17,18)16-11-4-8-19-9-5-11/h3,7,10-11,16H,2,4-6,8-9H2,1H3,(H,14,15). The predicted molar refractivity (Wildman–Crippen MR) is 77.2 cm³/mol. The number of rotatable bonds is 6. The van der Waals surface area contributed by atoms with Crippen LogP contribution in [-0.4, -0.2) is 39.2 Å². The van der Waals surface area contributed by atoms with E-state index in [1.807, 2.05) is 6.92 Å². The molecule has 112 valence electrons. The Balaban J connectivity index is 2.07. The van der Waals surface area contributed by atoms with Crippen LogP contribution in [0.5, 0.6) is 0 Å². The smallest absolute Gasteiger partial charge is 0.241 e. The fourth-order valence-corrected chi connectivity index (χ4v) is 3.35. The van der Waals surface area contributed by atoms with Crippen molar-refractivity contribution in [1.82, 2.24) is 9.71 Å². The monoisotopic (exact) mass is 299 g/mol. The van der Waals surface area contributed by atoms with Gasteiger partial charge in [0.15, 0.2) is 0 Å². The predicted octanol–water partition coefficient (Wildman–Crippen LogP) is 1.36. The third-order valence-corrected chi connectivity index (χ3v) is 4.66. The number of ether oxygens (including phenoxy) is 1. The lowest BCUT2D eigenvalue weighted by Gasteiger charge is -2.23. The van der Waals surface area contributed by atoms with Crippen molar-refractivity contribution in [3.63, 3.8) is 0 Å². The number of nitrogens with one attached hydrogen (secondary N) is 2. The third-order valence-electron chi connectivity index (χ3n) is 3.14. The molecule has 2 heterocycles. The third kappa shape index (κ3) is 4.16. The van der Waals surface area contributed by atoms with Gasteiger partial charge < -0.3 is 10.1 Å². The molecule has 0 amide bonds. The maximum Gasteiger partial charge on any atom is 0.241 e. The number of sulfonamides is 1. The largest absolute Gasteiger partial charge is 0.381 e. The highest BCUT2D eigenvalue weighted by Crippen LogP contribution is 2.15. The van der Waals surface area contributed by atoms with Gasteiger partial charge in [0.05, 0.1) is 4.90 Å². The molecule has 1 fully saturated rings. The maximum atomic E-state index is 12.3. The van der Waals surface area contributed by atoms with E-state index in [9.17, 15) is 8.42 Å². The topological polar surface area (TPSA) is 80.3 Å². The second kappa shape index (κ2) is 7.01. The summed E-state index contributed by atoms with van der Waals surface area (Å²) in [4.78, 5) is 4.36. The first kappa shape index (κ1) is 15.2. The fraction of sp³-hybridized carbons (Fsp3) is 0.615. The number of pyridine rings is 1. The van der Waals surface area contributed by atoms with Gasteiger partial charge in [0.2, 0.25) is 10.0 Å². The van der Waals surface area contributed by atoms with Gasteiger partial charge in [-0.05, 0) is 25.3 Å². The van der Waals surface area contributed by atoms with Gasteiger partial charge in [0, 0.05) is 38.1 Å². The Morgan fingerprint density at radius 2 is 2.15 bits per heavy atom. The van der Waals surface area contributed by atoms with Gasteiger partial charge in [0.1, 0.15) is 5.82 Å². The van der Waals surface area contributed by atoms with Crippen LogP contribution in [-0.2, 0) is 14.8 Å². The van der Waals surface area contributed by atoms with Crippen LogP contribution in [0, 0.1) is 0 Å². The molecule has 0 aromatic carbocycles. The van der Waals surface area contributed by atoms with Crippen molar-refractivity contribution in [2.24, 2.45) is 0 Å². The molecular formula is C13H21N3O3S. The number of nitrogens with zero attached hydrogens (tertiary/aromatic N) is 1. The fourth-order valence-electron chi connectivity index (χ4n) is 2.03. The first-order valence-electron chi connectivity index (χ1n) is 6.92. The summed E-state index contributed by atoms with van der Waals surface area (Å²) in [7, 11) is -3.49. The van der Waals surface area contributed by atoms with E-state index < -0.39 is 10.0 Å². The summed E-state index contributed by atoms with van der Waals surface area (Å²) >= 11 is 0. The van der Waals surface area contributed by atoms with Crippen molar-refractivity contribution in [3.8, 4) is 0 Å². The molecule has 0 aliphatic carbocycles. The van der Waals surface area contributed by atoms with Crippen LogP contribution >= 0.6 is 0 Å². The van der Waals surface area contributed by atoms with Gasteiger partial charge in [-0.25, -0.2) is 18.1 Å². The van der Waals surface area contributed by atoms with Crippen LogP contribution in [0.2, 0.25) is 0 Å². The average molecular weight is 299 g/mol. The van der Waals surface area contributed by atoms with Gasteiger partial charge in [0.25, 0.3) is 0 Å². The zero-order valence-electron chi connectivity index (χ0n) is 11.6. The molecule has 0 saturated carbocycles. The summed E-state index contributed by atoms with van der Waals surface area (Å²) in [6.07, 6.45) is 3.89. The highest BCUT2D eigenvalue weighted by atomic mass is 32.2. The van der Waals surface area contributed by atoms with Crippen LogP contribution in [0.25, 0.3) is 0 Å². The van der Waals surface area contributed by atoms with Crippen LogP contribution in [0.1, 0.15) is 26.2 Å². The van der Waals surface area contributed by atoms with Crippen LogP contribution in [0.4, 0.5) is 5.82 Å². The van der Waals surface area contributed by atoms with E-state index in [4.69, 9.17) is 4.74 Å². The summed E-state index contributed by atoms with van der Waals surface area (Å²) in [5.41, 5.74) is 0. The molecule has 2 rings (SSSR count). The van der Waals surface area contributed by atoms with Crippen LogP contribution < -0.4 is 10.0 Å². The van der Waals surface area contributed by atoms with Crippen molar-refractivity contribution in [1.29, 1.82) is 0 Å². The van der Waals surface area contributed by atoms with E-state index in [1.165, 1.54) is 12.3 Å². The van der Waals surface area contributed by atoms with E-state index >= 15 is 0 Å². The first-order chi connectivity index (χ1) is 9.62. The number of hydrogen-bond acceptors (Lipinski definition) is 5. The first-order valence-corrected chi connectivity index (χ1v) is 8.40. The molecule has 0 radical (unpaired) electrons. The molecule has 1 aromatic heterocycles. The molecule has 0 unspecified atom stereocenters. The van der Waals surface area contributed by atoms with E-state index in [0.29, 0.717) is 31.9 Å². The van der Waals surface area contributed by atoms with Crippen LogP contribution in [0.3, 0.4) is 0 Å². The highest BCUT2D eigenvalue weighted by molar-refractivity contribution is 7.89. The quantitative estimate of drug-likeness (QED) is 0.829. The Hall–Kier alpha value is -1.18. The van der Waals surface area contributed by atoms with E-state index in [-0.39, 0.29) is 10.9 Å². The molecule has 7 heteroatoms. The minimum absolute atomic E-state index is 0.0473. The van der Waals surface area contributed by atoms with Gasteiger partial charge in [-0.1, -0.05) is 6.92 Å². The Bertz CT molecular complexity index is 527. The number of aromatic nitrogens is 1. The van der Waals surface area contributed by atoms with Gasteiger partial charge in [-0.15, -0.1) is 0 Å².